The fraction of sp³-hybridized carbons (Fsp3) is 0.550. The zero-order valence-electron chi connectivity index (χ0n) is 16.1. The van der Waals surface area contributed by atoms with Gasteiger partial charge >= 0.3 is 0 Å². The number of hydrogen-bond donors (Lipinski definition) is 1. The van der Waals surface area contributed by atoms with Crippen molar-refractivity contribution < 1.29 is 14.3 Å². The molecular formula is C20H28N4O3. The Morgan fingerprint density at radius 1 is 1.30 bits per heavy atom. The first-order valence-corrected chi connectivity index (χ1v) is 9.81. The summed E-state index contributed by atoms with van der Waals surface area (Å²) < 4.78 is 7.24. The van der Waals surface area contributed by atoms with Crippen LogP contribution in [0.5, 0.6) is 0 Å². The molecule has 146 valence electrons. The van der Waals surface area contributed by atoms with Gasteiger partial charge in [-0.3, -0.25) is 14.0 Å². The van der Waals surface area contributed by atoms with Crippen molar-refractivity contribution in [3.05, 3.63) is 35.9 Å². The highest BCUT2D eigenvalue weighted by Gasteiger charge is 2.25. The quantitative estimate of drug-likeness (QED) is 0.772. The number of carbonyl (C=O) groups is 2. The molecule has 7 nitrogen and oxygen atoms in total. The van der Waals surface area contributed by atoms with Crippen LogP contribution < -0.4 is 5.32 Å². The summed E-state index contributed by atoms with van der Waals surface area (Å²) in [6.45, 7) is 6.66. The smallest absolute Gasteiger partial charge is 0.287 e. The van der Waals surface area contributed by atoms with Gasteiger partial charge in [-0.05, 0) is 37.8 Å². The predicted octanol–water partition coefficient (Wildman–Crippen LogP) is 2.51. The second-order valence-electron chi connectivity index (χ2n) is 6.88. The molecule has 1 unspecified atom stereocenters. The molecule has 0 aliphatic carbocycles. The summed E-state index contributed by atoms with van der Waals surface area (Å²) in [4.78, 5) is 32.0. The van der Waals surface area contributed by atoms with Crippen molar-refractivity contribution in [3.63, 3.8) is 0 Å². The summed E-state index contributed by atoms with van der Waals surface area (Å²) in [7, 11) is 0. The van der Waals surface area contributed by atoms with Crippen molar-refractivity contribution in [1.82, 2.24) is 19.6 Å². The van der Waals surface area contributed by atoms with Crippen LogP contribution in [0.15, 0.2) is 24.4 Å². The average molecular weight is 372 g/mol. The van der Waals surface area contributed by atoms with E-state index in [1.165, 1.54) is 0 Å². The van der Waals surface area contributed by atoms with E-state index in [4.69, 9.17) is 4.74 Å². The molecule has 2 amide bonds. The zero-order chi connectivity index (χ0) is 19.2. The zero-order valence-corrected chi connectivity index (χ0v) is 16.1. The molecule has 0 spiro atoms. The van der Waals surface area contributed by atoms with Gasteiger partial charge in [0.25, 0.3) is 11.8 Å². The van der Waals surface area contributed by atoms with E-state index in [2.05, 4.69) is 10.3 Å². The highest BCUT2D eigenvalue weighted by Crippen LogP contribution is 2.17. The first-order chi connectivity index (χ1) is 13.2. The fourth-order valence-corrected chi connectivity index (χ4v) is 3.45. The van der Waals surface area contributed by atoms with Crippen molar-refractivity contribution in [2.75, 3.05) is 26.2 Å². The summed E-state index contributed by atoms with van der Waals surface area (Å²) in [5, 5.41) is 2.89. The number of nitrogens with one attached hydrogen (secondary N) is 1. The number of imidazole rings is 1. The number of amides is 2. The molecule has 3 rings (SSSR count). The lowest BCUT2D eigenvalue weighted by Gasteiger charge is -2.20. The Morgan fingerprint density at radius 2 is 2.07 bits per heavy atom. The summed E-state index contributed by atoms with van der Waals surface area (Å²) >= 11 is 0. The van der Waals surface area contributed by atoms with E-state index < -0.39 is 0 Å². The Balaban J connectivity index is 1.86. The maximum atomic E-state index is 13.0. The van der Waals surface area contributed by atoms with E-state index in [9.17, 15) is 9.59 Å². The molecule has 0 saturated carbocycles. The molecule has 0 bridgehead atoms. The lowest BCUT2D eigenvalue weighted by molar-refractivity contribution is 0.0752. The van der Waals surface area contributed by atoms with E-state index in [-0.39, 0.29) is 23.7 Å². The number of nitrogens with zero attached hydrogens (tertiary/aromatic N) is 3. The number of hydrogen-bond acceptors (Lipinski definition) is 4. The van der Waals surface area contributed by atoms with Crippen molar-refractivity contribution in [3.8, 4) is 0 Å². The highest BCUT2D eigenvalue weighted by molar-refractivity contribution is 6.02. The van der Waals surface area contributed by atoms with Crippen LogP contribution in [0.2, 0.25) is 0 Å². The van der Waals surface area contributed by atoms with Crippen LogP contribution in [0.3, 0.4) is 0 Å². The third kappa shape index (κ3) is 4.30. The number of fused-ring (bicyclic) bond motifs is 1. The number of pyridine rings is 1. The van der Waals surface area contributed by atoms with Crippen molar-refractivity contribution in [1.29, 1.82) is 0 Å². The number of aromatic nitrogens is 2. The average Bonchev–Trinajstić information content (AvgIpc) is 3.33. The van der Waals surface area contributed by atoms with Gasteiger partial charge in [-0.25, -0.2) is 4.98 Å². The molecule has 1 atom stereocenters. The molecule has 1 aliphatic heterocycles. The molecule has 0 aromatic carbocycles. The minimum atomic E-state index is -0.289. The maximum Gasteiger partial charge on any atom is 0.287 e. The van der Waals surface area contributed by atoms with Gasteiger partial charge in [0.2, 0.25) is 5.82 Å². The van der Waals surface area contributed by atoms with E-state index in [0.717, 1.165) is 32.3 Å². The second kappa shape index (κ2) is 8.99. The second-order valence-corrected chi connectivity index (χ2v) is 6.88. The minimum absolute atomic E-state index is 0.0610. The maximum absolute atomic E-state index is 13.0. The summed E-state index contributed by atoms with van der Waals surface area (Å²) in [6.07, 6.45) is 5.57. The Bertz CT molecular complexity index is 790. The van der Waals surface area contributed by atoms with Gasteiger partial charge in [-0.15, -0.1) is 0 Å². The van der Waals surface area contributed by atoms with Crippen molar-refractivity contribution in [2.24, 2.45) is 0 Å². The van der Waals surface area contributed by atoms with Crippen LogP contribution in [-0.4, -0.2) is 58.4 Å². The van der Waals surface area contributed by atoms with Crippen molar-refractivity contribution in [2.45, 2.75) is 45.6 Å². The highest BCUT2D eigenvalue weighted by atomic mass is 16.5. The van der Waals surface area contributed by atoms with E-state index >= 15 is 0 Å². The predicted molar refractivity (Wildman–Crippen MR) is 103 cm³/mol. The summed E-state index contributed by atoms with van der Waals surface area (Å²) in [6, 6.07) is 5.51. The van der Waals surface area contributed by atoms with Crippen LogP contribution in [0, 0.1) is 0 Å². The van der Waals surface area contributed by atoms with Gasteiger partial charge in [0.05, 0.1) is 11.6 Å². The van der Waals surface area contributed by atoms with E-state index in [0.29, 0.717) is 30.8 Å². The van der Waals surface area contributed by atoms with Crippen LogP contribution in [0.25, 0.3) is 5.52 Å². The standard InChI is InChI=1S/C20H28N4O3/c1-3-10-23(11-4-2)20(26)17-16-9-5-6-12-24(16)18(22-17)19(25)21-14-15-8-7-13-27-15/h5-6,9,12,15H,3-4,7-8,10-11,13-14H2,1-2H3,(H,21,25). The molecule has 3 heterocycles. The van der Waals surface area contributed by atoms with Crippen LogP contribution in [0.1, 0.15) is 60.6 Å². The third-order valence-electron chi connectivity index (χ3n) is 4.74. The topological polar surface area (TPSA) is 75.9 Å². The first kappa shape index (κ1) is 19.4. The van der Waals surface area contributed by atoms with E-state index in [1.807, 2.05) is 36.9 Å². The number of rotatable bonds is 8. The van der Waals surface area contributed by atoms with E-state index in [1.54, 1.807) is 10.6 Å². The van der Waals surface area contributed by atoms with Crippen molar-refractivity contribution >= 4 is 17.3 Å². The molecule has 1 aliphatic rings. The molecule has 2 aromatic heterocycles. The molecule has 1 saturated heterocycles. The van der Waals surface area contributed by atoms with Gasteiger partial charge in [0, 0.05) is 32.4 Å². The van der Waals surface area contributed by atoms with Crippen LogP contribution >= 0.6 is 0 Å². The van der Waals surface area contributed by atoms with Gasteiger partial charge in [-0.2, -0.15) is 0 Å². The third-order valence-corrected chi connectivity index (χ3v) is 4.74. The van der Waals surface area contributed by atoms with Gasteiger partial charge < -0.3 is 15.0 Å². The largest absolute Gasteiger partial charge is 0.376 e. The Hall–Kier alpha value is -2.41. The minimum Gasteiger partial charge on any atom is -0.376 e. The van der Waals surface area contributed by atoms with Gasteiger partial charge in [-0.1, -0.05) is 19.9 Å². The summed E-state index contributed by atoms with van der Waals surface area (Å²) in [5.41, 5.74) is 0.988. The van der Waals surface area contributed by atoms with Gasteiger partial charge in [0.1, 0.15) is 0 Å². The molecular weight excluding hydrogens is 344 g/mol. The lowest BCUT2D eigenvalue weighted by atomic mass is 10.2. The Kier molecular flexibility index (Phi) is 6.45. The molecule has 27 heavy (non-hydrogen) atoms. The molecule has 1 fully saturated rings. The number of ether oxygens (including phenoxy) is 1. The monoisotopic (exact) mass is 372 g/mol. The molecule has 2 aromatic rings. The molecule has 1 N–H and O–H groups in total. The molecule has 7 heteroatoms. The Morgan fingerprint density at radius 3 is 2.74 bits per heavy atom. The normalized spacial score (nSPS) is 16.6. The SMILES string of the molecule is CCCN(CCC)C(=O)c1nc(C(=O)NCC2CCCO2)n2ccccc12. The fourth-order valence-electron chi connectivity index (χ4n) is 3.45. The van der Waals surface area contributed by atoms with Crippen LogP contribution in [-0.2, 0) is 4.74 Å². The lowest BCUT2D eigenvalue weighted by Crippen LogP contribution is -2.34. The Labute approximate surface area is 159 Å². The van der Waals surface area contributed by atoms with Gasteiger partial charge in [0.15, 0.2) is 5.69 Å². The summed E-state index contributed by atoms with van der Waals surface area (Å²) in [5.74, 6) is -0.177. The number of carbonyl (C=O) groups excluding carboxylic acids is 2. The first-order valence-electron chi connectivity index (χ1n) is 9.81. The van der Waals surface area contributed by atoms with Crippen LogP contribution in [0.4, 0.5) is 0 Å². The molecule has 0 radical (unpaired) electrons.